The number of hydrogen-bond donors (Lipinski definition) is 0. The molecule has 10 aromatic carbocycles. The van der Waals surface area contributed by atoms with Gasteiger partial charge in [-0.3, -0.25) is 0 Å². The molecule has 4 heteroatoms. The molecule has 64 heavy (non-hydrogen) atoms. The lowest BCUT2D eigenvalue weighted by Gasteiger charge is -2.36. The van der Waals surface area contributed by atoms with Crippen molar-refractivity contribution in [1.29, 1.82) is 0 Å². The zero-order chi connectivity index (χ0) is 42.8. The number of furan rings is 1. The van der Waals surface area contributed by atoms with Gasteiger partial charge in [0.25, 0.3) is 0 Å². The number of hydrogen-bond acceptors (Lipinski definition) is 3. The molecule has 1 aliphatic rings. The Morgan fingerprint density at radius 1 is 0.344 bits per heavy atom. The number of rotatable bonds is 8. The van der Waals surface area contributed by atoms with E-state index in [2.05, 4.69) is 241 Å². The third-order valence-corrected chi connectivity index (χ3v) is 16.8. The minimum absolute atomic E-state index is 0.879. The van der Waals surface area contributed by atoms with Crippen molar-refractivity contribution >= 4 is 85.3 Å². The fourth-order valence-corrected chi connectivity index (χ4v) is 13.3. The van der Waals surface area contributed by atoms with E-state index < -0.39 is 8.07 Å². The number of fused-ring (bicyclic) bond motifs is 5. The fourth-order valence-electron chi connectivity index (χ4n) is 10.2. The summed E-state index contributed by atoms with van der Waals surface area (Å²) in [5.74, 6) is 0. The molecule has 0 saturated heterocycles. The maximum absolute atomic E-state index is 6.57. The van der Waals surface area contributed by atoms with Gasteiger partial charge < -0.3 is 14.2 Å². The molecule has 0 amide bonds. The van der Waals surface area contributed by atoms with Crippen molar-refractivity contribution in [3.63, 3.8) is 0 Å². The number of benzene rings is 10. The Morgan fingerprint density at radius 3 is 1.64 bits per heavy atom. The van der Waals surface area contributed by atoms with Crippen LogP contribution < -0.4 is 20.2 Å². The van der Waals surface area contributed by atoms with Gasteiger partial charge in [-0.2, -0.15) is 0 Å². The lowest BCUT2D eigenvalue weighted by atomic mass is 9.91. The summed E-state index contributed by atoms with van der Waals surface area (Å²) < 4.78 is 6.57. The summed E-state index contributed by atoms with van der Waals surface area (Å²) in [5.41, 5.74) is 15.9. The van der Waals surface area contributed by atoms with Crippen molar-refractivity contribution in [1.82, 2.24) is 0 Å². The molecule has 0 saturated carbocycles. The fraction of sp³-hybridized carbons (Fsp3) is 0.0333. The predicted molar refractivity (Wildman–Crippen MR) is 274 cm³/mol. The van der Waals surface area contributed by atoms with E-state index in [0.29, 0.717) is 0 Å². The topological polar surface area (TPSA) is 19.6 Å². The maximum Gasteiger partial charge on any atom is 0.159 e. The molecule has 0 atom stereocenters. The molecule has 1 aromatic heterocycles. The zero-order valence-corrected chi connectivity index (χ0v) is 36.7. The molecular weight excluding hydrogens is 793 g/mol. The lowest BCUT2D eigenvalue weighted by Crippen LogP contribution is -2.56. The maximum atomic E-state index is 6.57. The minimum atomic E-state index is -2.22. The second kappa shape index (κ2) is 15.2. The quantitative estimate of drug-likeness (QED) is 0.142. The standard InChI is InChI=1S/C60H44N2OSi/c1-64(2)57-31-17-26-51-47(42-32-34-45(35-33-42)61(43-20-8-4-9-21-43)55-29-16-27-53-49-25-13-15-30-56(49)63-60(53)55)38-39-52(59(51)57)50-37-36-46(40-58(50)64)62(44-22-10-5-11-23-44)54-28-14-12-24-48(54)41-18-6-3-7-19-41/h3-40H,1-2H3. The minimum Gasteiger partial charge on any atom is -0.454 e. The molecule has 0 aliphatic carbocycles. The van der Waals surface area contributed by atoms with Gasteiger partial charge in [-0.1, -0.05) is 177 Å². The van der Waals surface area contributed by atoms with Gasteiger partial charge in [0, 0.05) is 39.1 Å². The second-order valence-electron chi connectivity index (χ2n) is 17.3. The predicted octanol–water partition coefficient (Wildman–Crippen LogP) is 15.8. The molecule has 3 nitrogen and oxygen atoms in total. The van der Waals surface area contributed by atoms with Crippen LogP contribution in [0.1, 0.15) is 0 Å². The number of anilines is 6. The molecule has 0 bridgehead atoms. The van der Waals surface area contributed by atoms with E-state index in [1.165, 1.54) is 60.2 Å². The molecule has 304 valence electrons. The van der Waals surface area contributed by atoms with Gasteiger partial charge in [0.05, 0.1) is 11.4 Å². The van der Waals surface area contributed by atoms with E-state index in [9.17, 15) is 0 Å². The number of nitrogens with zero attached hydrogens (tertiary/aromatic N) is 2. The van der Waals surface area contributed by atoms with E-state index >= 15 is 0 Å². The molecular formula is C60H44N2OSi. The average molecular weight is 837 g/mol. The Labute approximate surface area is 374 Å². The summed E-state index contributed by atoms with van der Waals surface area (Å²) in [6, 6.07) is 83.6. The first-order valence-corrected chi connectivity index (χ1v) is 25.1. The van der Waals surface area contributed by atoms with E-state index in [1.807, 2.05) is 12.1 Å². The van der Waals surface area contributed by atoms with Crippen LogP contribution in [-0.4, -0.2) is 8.07 Å². The van der Waals surface area contributed by atoms with E-state index in [-0.39, 0.29) is 0 Å². The van der Waals surface area contributed by atoms with Gasteiger partial charge >= 0.3 is 0 Å². The normalized spacial score (nSPS) is 12.7. The lowest BCUT2D eigenvalue weighted by molar-refractivity contribution is 0.669. The van der Waals surface area contributed by atoms with Crippen LogP contribution in [0.5, 0.6) is 0 Å². The Kier molecular flexibility index (Phi) is 8.96. The molecule has 0 N–H and O–H groups in total. The Hall–Kier alpha value is -7.92. The van der Waals surface area contributed by atoms with Gasteiger partial charge in [-0.15, -0.1) is 0 Å². The summed E-state index contributed by atoms with van der Waals surface area (Å²) in [6.07, 6.45) is 0. The molecule has 12 rings (SSSR count). The van der Waals surface area contributed by atoms with Crippen molar-refractivity contribution < 1.29 is 4.42 Å². The summed E-state index contributed by atoms with van der Waals surface area (Å²) in [6.45, 7) is 5.06. The Morgan fingerprint density at radius 2 is 0.875 bits per heavy atom. The van der Waals surface area contributed by atoms with Crippen LogP contribution >= 0.6 is 0 Å². The number of para-hydroxylation sites is 5. The van der Waals surface area contributed by atoms with Crippen molar-refractivity contribution in [3.05, 3.63) is 231 Å². The van der Waals surface area contributed by atoms with Gasteiger partial charge in [0.2, 0.25) is 0 Å². The molecule has 2 heterocycles. The molecule has 1 aliphatic heterocycles. The third-order valence-electron chi connectivity index (χ3n) is 13.3. The first-order chi connectivity index (χ1) is 31.5. The highest BCUT2D eigenvalue weighted by molar-refractivity contribution is 7.03. The SMILES string of the molecule is C[Si]1(C)c2cc(N(c3ccccc3)c3ccccc3-c3ccccc3)ccc2-c2ccc(-c3ccc(N(c4ccccc4)c4cccc5c4oc4ccccc45)cc3)c3cccc1c23. The van der Waals surface area contributed by atoms with Gasteiger partial charge in [0.1, 0.15) is 13.7 Å². The van der Waals surface area contributed by atoms with Crippen LogP contribution in [0.25, 0.3) is 66.1 Å². The van der Waals surface area contributed by atoms with Crippen LogP contribution in [0.15, 0.2) is 235 Å². The summed E-state index contributed by atoms with van der Waals surface area (Å²) in [4.78, 5) is 4.75. The van der Waals surface area contributed by atoms with E-state index in [0.717, 1.165) is 50.4 Å². The van der Waals surface area contributed by atoms with Crippen molar-refractivity contribution in [2.75, 3.05) is 9.80 Å². The highest BCUT2D eigenvalue weighted by Crippen LogP contribution is 2.46. The molecule has 0 fully saturated rings. The van der Waals surface area contributed by atoms with Crippen molar-refractivity contribution in [3.8, 4) is 33.4 Å². The van der Waals surface area contributed by atoms with E-state index in [4.69, 9.17) is 4.42 Å². The highest BCUT2D eigenvalue weighted by atomic mass is 28.3. The first-order valence-electron chi connectivity index (χ1n) is 22.1. The molecule has 11 aromatic rings. The van der Waals surface area contributed by atoms with Gasteiger partial charge in [0.15, 0.2) is 5.58 Å². The van der Waals surface area contributed by atoms with E-state index in [1.54, 1.807) is 0 Å². The summed E-state index contributed by atoms with van der Waals surface area (Å²) in [7, 11) is -2.22. The Bertz CT molecular complexity index is 3520. The monoisotopic (exact) mass is 836 g/mol. The van der Waals surface area contributed by atoms with Crippen molar-refractivity contribution in [2.24, 2.45) is 0 Å². The molecule has 0 radical (unpaired) electrons. The summed E-state index contributed by atoms with van der Waals surface area (Å²) in [5, 5.41) is 7.86. The third kappa shape index (κ3) is 6.10. The second-order valence-corrected chi connectivity index (χ2v) is 21.6. The average Bonchev–Trinajstić information content (AvgIpc) is 3.74. The largest absolute Gasteiger partial charge is 0.454 e. The smallest absolute Gasteiger partial charge is 0.159 e. The highest BCUT2D eigenvalue weighted by Gasteiger charge is 2.36. The van der Waals surface area contributed by atoms with Gasteiger partial charge in [-0.25, -0.2) is 0 Å². The Balaban J connectivity index is 0.962. The summed E-state index contributed by atoms with van der Waals surface area (Å²) >= 11 is 0. The first kappa shape index (κ1) is 37.8. The van der Waals surface area contributed by atoms with Crippen LogP contribution in [-0.2, 0) is 0 Å². The van der Waals surface area contributed by atoms with Crippen molar-refractivity contribution in [2.45, 2.75) is 13.1 Å². The van der Waals surface area contributed by atoms with Gasteiger partial charge in [-0.05, 0) is 116 Å². The van der Waals surface area contributed by atoms with Crippen LogP contribution in [0.3, 0.4) is 0 Å². The van der Waals surface area contributed by atoms with Crippen LogP contribution in [0.4, 0.5) is 34.1 Å². The van der Waals surface area contributed by atoms with Crippen LogP contribution in [0, 0.1) is 0 Å². The molecule has 0 spiro atoms. The molecule has 0 unspecified atom stereocenters. The van der Waals surface area contributed by atoms with Crippen LogP contribution in [0.2, 0.25) is 13.1 Å². The zero-order valence-electron chi connectivity index (χ0n) is 35.7.